The first-order chi connectivity index (χ1) is 14.0. The summed E-state index contributed by atoms with van der Waals surface area (Å²) in [4.78, 5) is 39.1. The van der Waals surface area contributed by atoms with Crippen LogP contribution in [0.25, 0.3) is 0 Å². The van der Waals surface area contributed by atoms with Crippen LogP contribution in [0.1, 0.15) is 46.4 Å². The molecule has 0 atom stereocenters. The van der Waals surface area contributed by atoms with E-state index in [1.54, 1.807) is 48.5 Å². The molecule has 1 aliphatic rings. The van der Waals surface area contributed by atoms with Gasteiger partial charge in [-0.1, -0.05) is 28.1 Å². The largest absolute Gasteiger partial charge is 0.352 e. The number of piperidine rings is 1. The van der Waals surface area contributed by atoms with Gasteiger partial charge in [-0.3, -0.25) is 14.4 Å². The molecule has 7 heteroatoms. The van der Waals surface area contributed by atoms with Gasteiger partial charge in [0, 0.05) is 36.1 Å². The van der Waals surface area contributed by atoms with Gasteiger partial charge in [0.1, 0.15) is 0 Å². The quantitative estimate of drug-likeness (QED) is 0.691. The van der Waals surface area contributed by atoms with E-state index in [0.29, 0.717) is 16.8 Å². The molecule has 1 aliphatic heterocycles. The van der Waals surface area contributed by atoms with Crippen molar-refractivity contribution in [3.8, 4) is 0 Å². The van der Waals surface area contributed by atoms with Crippen molar-refractivity contribution in [3.63, 3.8) is 0 Å². The van der Waals surface area contributed by atoms with Crippen LogP contribution in [-0.2, 0) is 4.79 Å². The van der Waals surface area contributed by atoms with Crippen molar-refractivity contribution in [2.24, 2.45) is 0 Å². The van der Waals surface area contributed by atoms with E-state index in [9.17, 15) is 14.4 Å². The monoisotopic (exact) mass is 457 g/mol. The molecule has 29 heavy (non-hydrogen) atoms. The molecule has 2 aromatic carbocycles. The summed E-state index contributed by atoms with van der Waals surface area (Å²) in [6, 6.07) is 14.1. The summed E-state index contributed by atoms with van der Waals surface area (Å²) in [6.07, 6.45) is 3.29. The summed E-state index contributed by atoms with van der Waals surface area (Å²) in [5.74, 6) is -0.532. The van der Waals surface area contributed by atoms with E-state index in [0.717, 1.165) is 36.8 Å². The molecule has 0 spiro atoms. The molecule has 1 heterocycles. The summed E-state index contributed by atoms with van der Waals surface area (Å²) in [6.45, 7) is 1.72. The Labute approximate surface area is 178 Å². The maximum Gasteiger partial charge on any atom is 0.255 e. The van der Waals surface area contributed by atoms with Crippen LogP contribution >= 0.6 is 15.9 Å². The summed E-state index contributed by atoms with van der Waals surface area (Å²) in [5, 5.41) is 5.54. The third kappa shape index (κ3) is 5.90. The number of para-hydroxylation sites is 1. The van der Waals surface area contributed by atoms with Crippen molar-refractivity contribution >= 4 is 39.3 Å². The first kappa shape index (κ1) is 21.0. The first-order valence-corrected chi connectivity index (χ1v) is 10.6. The Morgan fingerprint density at radius 1 is 0.931 bits per heavy atom. The van der Waals surface area contributed by atoms with Crippen molar-refractivity contribution in [2.75, 3.05) is 25.0 Å². The van der Waals surface area contributed by atoms with Gasteiger partial charge in [0.05, 0.1) is 11.3 Å². The van der Waals surface area contributed by atoms with Crippen LogP contribution in [0.2, 0.25) is 0 Å². The second-order valence-corrected chi connectivity index (χ2v) is 7.88. The summed E-state index contributed by atoms with van der Waals surface area (Å²) >= 11 is 3.33. The van der Waals surface area contributed by atoms with E-state index in [2.05, 4.69) is 26.6 Å². The fourth-order valence-electron chi connectivity index (χ4n) is 3.25. The highest BCUT2D eigenvalue weighted by atomic mass is 79.9. The van der Waals surface area contributed by atoms with Crippen LogP contribution in [0.3, 0.4) is 0 Å². The average Bonchev–Trinajstić information content (AvgIpc) is 2.74. The molecule has 0 radical (unpaired) electrons. The number of nitrogens with zero attached hydrogens (tertiary/aromatic N) is 1. The second-order valence-electron chi connectivity index (χ2n) is 6.96. The lowest BCUT2D eigenvalue weighted by Gasteiger charge is -2.27. The third-order valence-electron chi connectivity index (χ3n) is 4.82. The lowest BCUT2D eigenvalue weighted by atomic mass is 10.1. The Hall–Kier alpha value is -2.67. The predicted molar refractivity (Wildman–Crippen MR) is 116 cm³/mol. The van der Waals surface area contributed by atoms with Crippen LogP contribution in [0, 0.1) is 0 Å². The fraction of sp³-hybridized carbons (Fsp3) is 0.318. The van der Waals surface area contributed by atoms with Gasteiger partial charge in [-0.05, 0) is 55.7 Å². The summed E-state index contributed by atoms with van der Waals surface area (Å²) in [7, 11) is 0. The Bertz CT molecular complexity index is 877. The molecular weight excluding hydrogens is 434 g/mol. The Kier molecular flexibility index (Phi) is 7.41. The molecular formula is C22H24BrN3O3. The van der Waals surface area contributed by atoms with Gasteiger partial charge in [-0.25, -0.2) is 0 Å². The van der Waals surface area contributed by atoms with Crippen LogP contribution in [-0.4, -0.2) is 42.3 Å². The van der Waals surface area contributed by atoms with Crippen LogP contribution in [0.5, 0.6) is 0 Å². The summed E-state index contributed by atoms with van der Waals surface area (Å²) < 4.78 is 0.895. The molecule has 0 aromatic heterocycles. The van der Waals surface area contributed by atoms with E-state index in [1.807, 2.05) is 4.90 Å². The predicted octanol–water partition coefficient (Wildman–Crippen LogP) is 3.83. The number of benzene rings is 2. The molecule has 0 aliphatic carbocycles. The molecule has 3 rings (SSSR count). The number of halogens is 1. The smallest absolute Gasteiger partial charge is 0.255 e. The van der Waals surface area contributed by atoms with Gasteiger partial charge in [0.25, 0.3) is 11.8 Å². The van der Waals surface area contributed by atoms with Gasteiger partial charge >= 0.3 is 0 Å². The van der Waals surface area contributed by atoms with Crippen LogP contribution < -0.4 is 10.6 Å². The number of amides is 3. The zero-order valence-electron chi connectivity index (χ0n) is 16.1. The molecule has 152 valence electrons. The van der Waals surface area contributed by atoms with E-state index in [-0.39, 0.29) is 30.7 Å². The van der Waals surface area contributed by atoms with Gasteiger partial charge in [-0.2, -0.15) is 0 Å². The van der Waals surface area contributed by atoms with E-state index < -0.39 is 0 Å². The highest BCUT2D eigenvalue weighted by molar-refractivity contribution is 9.10. The number of hydrogen-bond donors (Lipinski definition) is 2. The zero-order chi connectivity index (χ0) is 20.6. The molecule has 2 aromatic rings. The van der Waals surface area contributed by atoms with E-state index in [4.69, 9.17) is 0 Å². The first-order valence-electron chi connectivity index (χ1n) is 9.76. The number of carbonyl (C=O) groups excluding carboxylic acids is 3. The normalized spacial score (nSPS) is 13.6. The average molecular weight is 458 g/mol. The SMILES string of the molecule is O=C(CCNC(=O)c1ccc(Br)cc1)Nc1ccccc1C(=O)N1CCCCC1. The minimum Gasteiger partial charge on any atom is -0.352 e. The number of likely N-dealkylation sites (tertiary alicyclic amines) is 1. The zero-order valence-corrected chi connectivity index (χ0v) is 17.7. The summed E-state index contributed by atoms with van der Waals surface area (Å²) in [5.41, 5.74) is 1.54. The van der Waals surface area contributed by atoms with Crippen LogP contribution in [0.4, 0.5) is 5.69 Å². The maximum atomic E-state index is 12.8. The number of rotatable bonds is 6. The molecule has 0 bridgehead atoms. The van der Waals surface area contributed by atoms with Crippen molar-refractivity contribution in [2.45, 2.75) is 25.7 Å². The third-order valence-corrected chi connectivity index (χ3v) is 5.35. The van der Waals surface area contributed by atoms with E-state index >= 15 is 0 Å². The molecule has 6 nitrogen and oxygen atoms in total. The van der Waals surface area contributed by atoms with Gasteiger partial charge in [-0.15, -0.1) is 0 Å². The Morgan fingerprint density at radius 3 is 2.34 bits per heavy atom. The Morgan fingerprint density at radius 2 is 1.62 bits per heavy atom. The highest BCUT2D eigenvalue weighted by Crippen LogP contribution is 2.20. The standard InChI is InChI=1S/C22H24BrN3O3/c23-17-10-8-16(9-11-17)21(28)24-13-12-20(27)25-19-7-3-2-6-18(19)22(29)26-14-4-1-5-15-26/h2-3,6-11H,1,4-5,12-15H2,(H,24,28)(H,25,27). The minimum atomic E-state index is -0.250. The molecule has 0 unspecified atom stereocenters. The lowest BCUT2D eigenvalue weighted by molar-refractivity contribution is -0.116. The van der Waals surface area contributed by atoms with Crippen molar-refractivity contribution < 1.29 is 14.4 Å². The number of carbonyl (C=O) groups is 3. The second kappa shape index (κ2) is 10.2. The minimum absolute atomic E-state index is 0.0517. The van der Waals surface area contributed by atoms with Gasteiger partial charge < -0.3 is 15.5 Å². The van der Waals surface area contributed by atoms with E-state index in [1.165, 1.54) is 0 Å². The molecule has 1 fully saturated rings. The fourth-order valence-corrected chi connectivity index (χ4v) is 3.52. The number of nitrogens with one attached hydrogen (secondary N) is 2. The van der Waals surface area contributed by atoms with Gasteiger partial charge in [0.15, 0.2) is 0 Å². The highest BCUT2D eigenvalue weighted by Gasteiger charge is 2.21. The van der Waals surface area contributed by atoms with Gasteiger partial charge in [0.2, 0.25) is 5.91 Å². The number of anilines is 1. The van der Waals surface area contributed by atoms with Crippen molar-refractivity contribution in [3.05, 3.63) is 64.1 Å². The molecule has 0 saturated carbocycles. The van der Waals surface area contributed by atoms with Crippen LogP contribution in [0.15, 0.2) is 53.0 Å². The van der Waals surface area contributed by atoms with Crippen molar-refractivity contribution in [1.29, 1.82) is 0 Å². The Balaban J connectivity index is 1.53. The molecule has 1 saturated heterocycles. The number of hydrogen-bond acceptors (Lipinski definition) is 3. The molecule has 3 amide bonds. The molecule has 2 N–H and O–H groups in total. The maximum absolute atomic E-state index is 12.8. The van der Waals surface area contributed by atoms with Crippen molar-refractivity contribution in [1.82, 2.24) is 10.2 Å². The topological polar surface area (TPSA) is 78.5 Å². The lowest BCUT2D eigenvalue weighted by Crippen LogP contribution is -2.36.